The summed E-state index contributed by atoms with van der Waals surface area (Å²) in [6, 6.07) is 8.89. The van der Waals surface area contributed by atoms with Crippen molar-refractivity contribution in [3.8, 4) is 0 Å². The molecule has 0 aliphatic carbocycles. The van der Waals surface area contributed by atoms with Crippen LogP contribution < -0.4 is 5.32 Å². The Hall–Kier alpha value is -0.900. The Kier molecular flexibility index (Phi) is 4.15. The van der Waals surface area contributed by atoms with Crippen molar-refractivity contribution in [2.45, 2.75) is 38.7 Å². The summed E-state index contributed by atoms with van der Waals surface area (Å²) >= 11 is 0. The summed E-state index contributed by atoms with van der Waals surface area (Å²) in [5, 5.41) is 3.47. The molecule has 1 fully saturated rings. The van der Waals surface area contributed by atoms with E-state index in [2.05, 4.69) is 43.4 Å². The van der Waals surface area contributed by atoms with Gasteiger partial charge in [-0.15, -0.1) is 0 Å². The van der Waals surface area contributed by atoms with E-state index >= 15 is 0 Å². The van der Waals surface area contributed by atoms with E-state index in [-0.39, 0.29) is 12.2 Å². The van der Waals surface area contributed by atoms with E-state index in [0.717, 1.165) is 6.54 Å². The van der Waals surface area contributed by atoms with Crippen molar-refractivity contribution in [2.24, 2.45) is 0 Å². The Balaban J connectivity index is 2.02. The van der Waals surface area contributed by atoms with Gasteiger partial charge in [0.2, 0.25) is 0 Å². The van der Waals surface area contributed by atoms with Gasteiger partial charge >= 0.3 is 0 Å². The highest BCUT2D eigenvalue weighted by Gasteiger charge is 2.25. The van der Waals surface area contributed by atoms with Crippen molar-refractivity contribution in [2.75, 3.05) is 13.7 Å². The zero-order valence-electron chi connectivity index (χ0n) is 10.8. The van der Waals surface area contributed by atoms with Gasteiger partial charge in [-0.05, 0) is 25.0 Å². The first-order valence-corrected chi connectivity index (χ1v) is 6.17. The highest BCUT2D eigenvalue weighted by molar-refractivity contribution is 5.24. The normalized spacial score (nSPS) is 29.2. The fourth-order valence-corrected chi connectivity index (χ4v) is 2.08. The van der Waals surface area contributed by atoms with Crippen LogP contribution in [0.3, 0.4) is 0 Å². The molecule has 3 nitrogen and oxygen atoms in total. The molecule has 0 saturated carbocycles. The topological polar surface area (TPSA) is 30.5 Å². The van der Waals surface area contributed by atoms with E-state index in [1.807, 2.05) is 0 Å². The molecule has 94 valence electrons. The highest BCUT2D eigenvalue weighted by atomic mass is 16.5. The molecule has 17 heavy (non-hydrogen) atoms. The van der Waals surface area contributed by atoms with Crippen molar-refractivity contribution in [3.63, 3.8) is 0 Å². The standard InChI is InChI=1S/C14H21NO2/c1-10-11(2)17-14(8-15-10)13-6-4-12(5-7-13)9-16-3/h4-7,10-11,14-15H,8-9H2,1-3H3. The molecule has 3 unspecified atom stereocenters. The van der Waals surface area contributed by atoms with E-state index in [4.69, 9.17) is 9.47 Å². The molecule has 1 heterocycles. The third kappa shape index (κ3) is 3.06. The molecule has 1 aliphatic rings. The Labute approximate surface area is 103 Å². The van der Waals surface area contributed by atoms with Crippen LogP contribution in [0.15, 0.2) is 24.3 Å². The quantitative estimate of drug-likeness (QED) is 0.871. The number of nitrogens with one attached hydrogen (secondary N) is 1. The van der Waals surface area contributed by atoms with Crippen LogP contribution >= 0.6 is 0 Å². The Morgan fingerprint density at radius 2 is 2.00 bits per heavy atom. The van der Waals surface area contributed by atoms with Crippen LogP contribution in [-0.4, -0.2) is 25.8 Å². The number of hydrogen-bond donors (Lipinski definition) is 1. The first kappa shape index (κ1) is 12.6. The second kappa shape index (κ2) is 5.63. The minimum absolute atomic E-state index is 0.165. The fourth-order valence-electron chi connectivity index (χ4n) is 2.08. The SMILES string of the molecule is COCc1ccc(C2CNC(C)C(C)O2)cc1. The second-order valence-electron chi connectivity index (χ2n) is 4.70. The summed E-state index contributed by atoms with van der Waals surface area (Å²) in [5.74, 6) is 0. The maximum atomic E-state index is 5.99. The minimum atomic E-state index is 0.165. The first-order valence-electron chi connectivity index (χ1n) is 6.17. The van der Waals surface area contributed by atoms with Crippen molar-refractivity contribution in [1.29, 1.82) is 0 Å². The molecule has 0 amide bonds. The third-order valence-electron chi connectivity index (χ3n) is 3.37. The summed E-state index contributed by atoms with van der Waals surface area (Å²) in [4.78, 5) is 0. The van der Waals surface area contributed by atoms with E-state index in [9.17, 15) is 0 Å². The Morgan fingerprint density at radius 1 is 1.29 bits per heavy atom. The average molecular weight is 235 g/mol. The second-order valence-corrected chi connectivity index (χ2v) is 4.70. The lowest BCUT2D eigenvalue weighted by Gasteiger charge is -2.34. The number of benzene rings is 1. The summed E-state index contributed by atoms with van der Waals surface area (Å²) in [6.07, 6.45) is 0.421. The predicted molar refractivity (Wildman–Crippen MR) is 67.9 cm³/mol. The van der Waals surface area contributed by atoms with E-state index in [0.29, 0.717) is 12.6 Å². The average Bonchev–Trinajstić information content (AvgIpc) is 2.34. The van der Waals surface area contributed by atoms with Crippen molar-refractivity contribution < 1.29 is 9.47 Å². The number of rotatable bonds is 3. The molecule has 1 N–H and O–H groups in total. The van der Waals surface area contributed by atoms with Gasteiger partial charge in [0.05, 0.1) is 18.8 Å². The van der Waals surface area contributed by atoms with Gasteiger partial charge < -0.3 is 14.8 Å². The zero-order valence-corrected chi connectivity index (χ0v) is 10.8. The Bertz CT molecular complexity index is 350. The lowest BCUT2D eigenvalue weighted by molar-refractivity contribution is -0.0508. The third-order valence-corrected chi connectivity index (χ3v) is 3.37. The summed E-state index contributed by atoms with van der Waals surface area (Å²) < 4.78 is 11.1. The van der Waals surface area contributed by atoms with E-state index < -0.39 is 0 Å². The van der Waals surface area contributed by atoms with Gasteiger partial charge in [-0.2, -0.15) is 0 Å². The fraction of sp³-hybridized carbons (Fsp3) is 0.571. The molecule has 1 aromatic carbocycles. The number of methoxy groups -OCH3 is 1. The zero-order chi connectivity index (χ0) is 12.3. The van der Waals surface area contributed by atoms with Gasteiger partial charge in [0.1, 0.15) is 0 Å². The van der Waals surface area contributed by atoms with Crippen LogP contribution in [0.4, 0.5) is 0 Å². The maximum absolute atomic E-state index is 5.99. The molecule has 0 bridgehead atoms. The molecular weight excluding hydrogens is 214 g/mol. The van der Waals surface area contributed by atoms with Gasteiger partial charge in [-0.1, -0.05) is 24.3 Å². The number of hydrogen-bond acceptors (Lipinski definition) is 3. The highest BCUT2D eigenvalue weighted by Crippen LogP contribution is 2.23. The molecule has 0 spiro atoms. The summed E-state index contributed by atoms with van der Waals surface area (Å²) in [5.41, 5.74) is 2.43. The van der Waals surface area contributed by atoms with Crippen LogP contribution in [-0.2, 0) is 16.1 Å². The number of morpholine rings is 1. The summed E-state index contributed by atoms with van der Waals surface area (Å²) in [7, 11) is 1.71. The molecule has 3 atom stereocenters. The molecule has 1 aromatic rings. The van der Waals surface area contributed by atoms with Crippen LogP contribution in [0.2, 0.25) is 0 Å². The van der Waals surface area contributed by atoms with Gasteiger partial charge in [0.15, 0.2) is 0 Å². The van der Waals surface area contributed by atoms with Crippen LogP contribution in [0, 0.1) is 0 Å². The van der Waals surface area contributed by atoms with Crippen LogP contribution in [0.5, 0.6) is 0 Å². The minimum Gasteiger partial charge on any atom is -0.380 e. The van der Waals surface area contributed by atoms with Crippen LogP contribution in [0.25, 0.3) is 0 Å². The van der Waals surface area contributed by atoms with E-state index in [1.165, 1.54) is 11.1 Å². The van der Waals surface area contributed by atoms with Gasteiger partial charge in [-0.25, -0.2) is 0 Å². The monoisotopic (exact) mass is 235 g/mol. The predicted octanol–water partition coefficient (Wildman–Crippen LogP) is 2.27. The lowest BCUT2D eigenvalue weighted by atomic mass is 10.0. The molecule has 0 radical (unpaired) electrons. The number of ether oxygens (including phenoxy) is 2. The molecule has 0 aromatic heterocycles. The lowest BCUT2D eigenvalue weighted by Crippen LogP contribution is -2.46. The Morgan fingerprint density at radius 3 is 2.59 bits per heavy atom. The molecule has 3 heteroatoms. The maximum Gasteiger partial charge on any atom is 0.0953 e. The molecule has 1 saturated heterocycles. The molecule has 2 rings (SSSR count). The van der Waals surface area contributed by atoms with Gasteiger partial charge in [-0.3, -0.25) is 0 Å². The van der Waals surface area contributed by atoms with Crippen LogP contribution in [0.1, 0.15) is 31.1 Å². The van der Waals surface area contributed by atoms with Gasteiger partial charge in [0, 0.05) is 19.7 Å². The smallest absolute Gasteiger partial charge is 0.0953 e. The van der Waals surface area contributed by atoms with Crippen molar-refractivity contribution in [1.82, 2.24) is 5.32 Å². The summed E-state index contributed by atoms with van der Waals surface area (Å²) in [6.45, 7) is 5.82. The molecule has 1 aliphatic heterocycles. The van der Waals surface area contributed by atoms with Crippen molar-refractivity contribution >= 4 is 0 Å². The first-order chi connectivity index (χ1) is 8.20. The van der Waals surface area contributed by atoms with Crippen molar-refractivity contribution in [3.05, 3.63) is 35.4 Å². The van der Waals surface area contributed by atoms with E-state index in [1.54, 1.807) is 7.11 Å². The molecular formula is C14H21NO2. The van der Waals surface area contributed by atoms with Gasteiger partial charge in [0.25, 0.3) is 0 Å². The largest absolute Gasteiger partial charge is 0.380 e.